The van der Waals surface area contributed by atoms with Crippen molar-refractivity contribution < 1.29 is 9.90 Å². The number of rotatable bonds is 5. The van der Waals surface area contributed by atoms with E-state index in [1.165, 1.54) is 0 Å². The van der Waals surface area contributed by atoms with Gasteiger partial charge >= 0.3 is 5.97 Å². The maximum absolute atomic E-state index is 12.5. The Hall–Kier alpha value is -1.85. The summed E-state index contributed by atoms with van der Waals surface area (Å²) in [4.78, 5) is 30.2. The molecule has 2 aliphatic rings. The molecule has 0 bridgehead atoms. The molecule has 3 rings (SSSR count). The normalized spacial score (nSPS) is 25.3. The molecule has 2 heterocycles. The molecule has 0 spiro atoms. The monoisotopic (exact) mass is 291 g/mol. The average molecular weight is 291 g/mol. The second kappa shape index (κ2) is 5.16. The van der Waals surface area contributed by atoms with Crippen LogP contribution < -0.4 is 10.5 Å². The second-order valence-corrected chi connectivity index (χ2v) is 6.20. The van der Waals surface area contributed by atoms with Gasteiger partial charge in [0, 0.05) is 31.5 Å². The molecule has 0 radical (unpaired) electrons. The molecule has 0 aromatic carbocycles. The molecular formula is C15H21N3O3. The van der Waals surface area contributed by atoms with Gasteiger partial charge in [-0.15, -0.1) is 0 Å². The SMILES string of the molecule is CCCC1(C(=O)O)CCN(c2nccn(C3CC3)c2=O)C1. The standard InChI is InChI=1S/C15H21N3O3/c1-2-5-15(14(20)21)6-8-17(10-15)12-13(19)18(9-7-16-12)11-3-4-11/h7,9,11H,2-6,8,10H2,1H3,(H,20,21). The highest BCUT2D eigenvalue weighted by molar-refractivity contribution is 5.76. The average Bonchev–Trinajstić information content (AvgIpc) is 3.20. The zero-order valence-corrected chi connectivity index (χ0v) is 12.3. The van der Waals surface area contributed by atoms with Crippen LogP contribution in [-0.2, 0) is 4.79 Å². The zero-order valence-electron chi connectivity index (χ0n) is 12.3. The summed E-state index contributed by atoms with van der Waals surface area (Å²) in [5.74, 6) is -0.353. The fourth-order valence-electron chi connectivity index (χ4n) is 3.29. The number of nitrogens with zero attached hydrogens (tertiary/aromatic N) is 3. The maximum atomic E-state index is 12.5. The third-order valence-electron chi connectivity index (χ3n) is 4.63. The number of carbonyl (C=O) groups is 1. The molecule has 2 fully saturated rings. The Morgan fingerprint density at radius 1 is 1.52 bits per heavy atom. The van der Waals surface area contributed by atoms with Crippen molar-refractivity contribution in [1.82, 2.24) is 9.55 Å². The van der Waals surface area contributed by atoms with Crippen LogP contribution in [0.4, 0.5) is 5.82 Å². The topological polar surface area (TPSA) is 75.4 Å². The molecule has 1 atom stereocenters. The summed E-state index contributed by atoms with van der Waals surface area (Å²) in [7, 11) is 0. The Labute approximate surface area is 123 Å². The van der Waals surface area contributed by atoms with Crippen LogP contribution in [0.1, 0.15) is 45.1 Å². The lowest BCUT2D eigenvalue weighted by molar-refractivity contribution is -0.148. The van der Waals surface area contributed by atoms with E-state index in [1.807, 2.05) is 11.8 Å². The lowest BCUT2D eigenvalue weighted by atomic mass is 9.83. The van der Waals surface area contributed by atoms with Gasteiger partial charge in [-0.1, -0.05) is 13.3 Å². The van der Waals surface area contributed by atoms with E-state index < -0.39 is 11.4 Å². The number of hydrogen-bond acceptors (Lipinski definition) is 4. The number of anilines is 1. The Bertz CT molecular complexity index is 608. The Morgan fingerprint density at radius 3 is 2.90 bits per heavy atom. The number of carboxylic acid groups (broad SMARTS) is 1. The van der Waals surface area contributed by atoms with E-state index in [2.05, 4.69) is 4.98 Å². The minimum Gasteiger partial charge on any atom is -0.481 e. The first-order valence-electron chi connectivity index (χ1n) is 7.63. The molecular weight excluding hydrogens is 270 g/mol. The van der Waals surface area contributed by atoms with Gasteiger partial charge in [-0.2, -0.15) is 0 Å². The van der Waals surface area contributed by atoms with Crippen molar-refractivity contribution >= 4 is 11.8 Å². The van der Waals surface area contributed by atoms with E-state index in [-0.39, 0.29) is 5.56 Å². The van der Waals surface area contributed by atoms with Gasteiger partial charge in [-0.05, 0) is 25.7 Å². The largest absolute Gasteiger partial charge is 0.481 e. The first-order chi connectivity index (χ1) is 10.1. The van der Waals surface area contributed by atoms with E-state index in [1.54, 1.807) is 17.0 Å². The van der Waals surface area contributed by atoms with Crippen LogP contribution in [0.2, 0.25) is 0 Å². The van der Waals surface area contributed by atoms with Gasteiger partial charge in [0.1, 0.15) is 0 Å². The molecule has 21 heavy (non-hydrogen) atoms. The minimum absolute atomic E-state index is 0.0855. The first kappa shape index (κ1) is 14.1. The fraction of sp³-hybridized carbons (Fsp3) is 0.667. The van der Waals surface area contributed by atoms with Crippen LogP contribution in [0.25, 0.3) is 0 Å². The predicted octanol–water partition coefficient (Wildman–Crippen LogP) is 1.66. The van der Waals surface area contributed by atoms with Crippen molar-refractivity contribution in [1.29, 1.82) is 0 Å². The number of aromatic nitrogens is 2. The third kappa shape index (κ3) is 2.43. The Balaban J connectivity index is 1.88. The van der Waals surface area contributed by atoms with Crippen LogP contribution in [0, 0.1) is 5.41 Å². The molecule has 1 saturated carbocycles. The number of carboxylic acids is 1. The first-order valence-corrected chi connectivity index (χ1v) is 7.63. The molecule has 0 amide bonds. The fourth-order valence-corrected chi connectivity index (χ4v) is 3.29. The molecule has 1 aromatic heterocycles. The number of aliphatic carboxylic acids is 1. The Morgan fingerprint density at radius 2 is 2.29 bits per heavy atom. The summed E-state index contributed by atoms with van der Waals surface area (Å²) in [6, 6.07) is 0.307. The van der Waals surface area contributed by atoms with Crippen molar-refractivity contribution in [2.45, 2.75) is 45.1 Å². The van der Waals surface area contributed by atoms with E-state index >= 15 is 0 Å². The second-order valence-electron chi connectivity index (χ2n) is 6.20. The van der Waals surface area contributed by atoms with Crippen molar-refractivity contribution in [2.75, 3.05) is 18.0 Å². The lowest BCUT2D eigenvalue weighted by Gasteiger charge is -2.24. The molecule has 114 valence electrons. The summed E-state index contributed by atoms with van der Waals surface area (Å²) in [6.45, 7) is 2.96. The van der Waals surface area contributed by atoms with Crippen molar-refractivity contribution in [3.8, 4) is 0 Å². The van der Waals surface area contributed by atoms with Gasteiger partial charge in [0.15, 0.2) is 5.82 Å². The predicted molar refractivity (Wildman–Crippen MR) is 78.6 cm³/mol. The van der Waals surface area contributed by atoms with Crippen LogP contribution in [0.15, 0.2) is 17.2 Å². The zero-order chi connectivity index (χ0) is 15.0. The third-order valence-corrected chi connectivity index (χ3v) is 4.63. The summed E-state index contributed by atoms with van der Waals surface area (Å²) in [5, 5.41) is 9.55. The highest BCUT2D eigenvalue weighted by atomic mass is 16.4. The van der Waals surface area contributed by atoms with E-state index in [0.29, 0.717) is 37.8 Å². The van der Waals surface area contributed by atoms with Crippen LogP contribution in [0.5, 0.6) is 0 Å². The van der Waals surface area contributed by atoms with Crippen LogP contribution in [0.3, 0.4) is 0 Å². The molecule has 1 aliphatic heterocycles. The highest BCUT2D eigenvalue weighted by Crippen LogP contribution is 2.37. The highest BCUT2D eigenvalue weighted by Gasteiger charge is 2.45. The van der Waals surface area contributed by atoms with Gasteiger partial charge in [-0.3, -0.25) is 9.59 Å². The van der Waals surface area contributed by atoms with E-state index in [0.717, 1.165) is 19.3 Å². The van der Waals surface area contributed by atoms with Crippen LogP contribution >= 0.6 is 0 Å². The maximum Gasteiger partial charge on any atom is 0.311 e. The van der Waals surface area contributed by atoms with Crippen molar-refractivity contribution in [3.63, 3.8) is 0 Å². The molecule has 1 N–H and O–H groups in total. The number of hydrogen-bond donors (Lipinski definition) is 1. The Kier molecular flexibility index (Phi) is 3.47. The molecule has 1 aromatic rings. The van der Waals surface area contributed by atoms with E-state index in [9.17, 15) is 14.7 Å². The molecule has 1 saturated heterocycles. The molecule has 1 unspecified atom stereocenters. The van der Waals surface area contributed by atoms with Gasteiger partial charge in [-0.25, -0.2) is 4.98 Å². The molecule has 6 nitrogen and oxygen atoms in total. The smallest absolute Gasteiger partial charge is 0.311 e. The molecule has 1 aliphatic carbocycles. The van der Waals surface area contributed by atoms with Gasteiger partial charge < -0.3 is 14.6 Å². The summed E-state index contributed by atoms with van der Waals surface area (Å²) in [6.07, 6.45) is 7.51. The van der Waals surface area contributed by atoms with Crippen molar-refractivity contribution in [2.24, 2.45) is 5.41 Å². The quantitative estimate of drug-likeness (QED) is 0.893. The van der Waals surface area contributed by atoms with Crippen LogP contribution in [-0.4, -0.2) is 33.7 Å². The van der Waals surface area contributed by atoms with E-state index in [4.69, 9.17) is 0 Å². The van der Waals surface area contributed by atoms with Gasteiger partial charge in [0.05, 0.1) is 5.41 Å². The summed E-state index contributed by atoms with van der Waals surface area (Å²) in [5.41, 5.74) is -0.818. The summed E-state index contributed by atoms with van der Waals surface area (Å²) < 4.78 is 1.74. The van der Waals surface area contributed by atoms with Gasteiger partial charge in [0.25, 0.3) is 5.56 Å². The molecule has 6 heteroatoms. The van der Waals surface area contributed by atoms with Crippen molar-refractivity contribution in [3.05, 3.63) is 22.7 Å². The minimum atomic E-state index is -0.759. The summed E-state index contributed by atoms with van der Waals surface area (Å²) >= 11 is 0. The van der Waals surface area contributed by atoms with Gasteiger partial charge in [0.2, 0.25) is 0 Å². The lowest BCUT2D eigenvalue weighted by Crippen LogP contribution is -2.37.